The van der Waals surface area contributed by atoms with Crippen LogP contribution in [-0.4, -0.2) is 128 Å². The molecular weight excluding hydrogens is 640 g/mol. The van der Waals surface area contributed by atoms with E-state index < -0.39 is 73.4 Å². The maximum Gasteiger partial charge on any atom is 0.335 e. The first-order valence-electron chi connectivity index (χ1n) is 15.2. The molecule has 16 heteroatoms. The summed E-state index contributed by atoms with van der Waals surface area (Å²) in [6.45, 7) is 4.06. The zero-order valence-electron chi connectivity index (χ0n) is 26.7. The van der Waals surface area contributed by atoms with E-state index in [0.717, 1.165) is 11.1 Å². The number of rotatable bonds is 13. The number of carboxylic acids is 2. The van der Waals surface area contributed by atoms with Crippen molar-refractivity contribution in [3.63, 3.8) is 0 Å². The van der Waals surface area contributed by atoms with E-state index in [1.54, 1.807) is 24.3 Å². The summed E-state index contributed by atoms with van der Waals surface area (Å²) in [7, 11) is 2.79. The highest BCUT2D eigenvalue weighted by atomic mass is 16.7. The number of hydrogen-bond acceptors (Lipinski definition) is 14. The van der Waals surface area contributed by atoms with Gasteiger partial charge in [0.2, 0.25) is 12.6 Å². The Morgan fingerprint density at radius 2 is 0.958 bits per heavy atom. The molecule has 4 rings (SSSR count). The van der Waals surface area contributed by atoms with Crippen molar-refractivity contribution in [2.75, 3.05) is 14.2 Å². The number of methoxy groups -OCH3 is 2. The molecule has 48 heavy (non-hydrogen) atoms. The van der Waals surface area contributed by atoms with Gasteiger partial charge in [-0.15, -0.1) is 0 Å². The number of aliphatic hydroxyl groups excluding tert-OH is 6. The first-order valence-corrected chi connectivity index (χ1v) is 15.2. The lowest BCUT2D eigenvalue weighted by molar-refractivity contribution is -0.271. The molecular formula is C32H42O16. The lowest BCUT2D eigenvalue weighted by Gasteiger charge is -2.38. The van der Waals surface area contributed by atoms with Crippen LogP contribution in [0.15, 0.2) is 36.4 Å². The molecule has 8 N–H and O–H groups in total. The van der Waals surface area contributed by atoms with Crippen LogP contribution in [0.2, 0.25) is 0 Å². The predicted molar refractivity (Wildman–Crippen MR) is 162 cm³/mol. The van der Waals surface area contributed by atoms with Gasteiger partial charge >= 0.3 is 11.9 Å². The van der Waals surface area contributed by atoms with Crippen LogP contribution in [0.4, 0.5) is 0 Å². The normalized spacial score (nSPS) is 31.7. The summed E-state index contributed by atoms with van der Waals surface area (Å²) in [5.41, 5.74) is 1.61. The monoisotopic (exact) mass is 682 g/mol. The standard InChI is InChI=1S/C32H42O16/c1-13(9-15-5-7-17(43-3)19(11-15)45-31-25(37)21(33)23(35)27(47-31)29(39)40)14(2)10-16-6-8-18(44-4)20(12-16)46-32-26(38)22(34)24(36)28(48-32)30(41)42/h5-8,11-14,21-28,31-38H,9-10H2,1-4H3,(H,39,40)(H,41,42). The van der Waals surface area contributed by atoms with Gasteiger partial charge in [0.1, 0.15) is 36.6 Å². The van der Waals surface area contributed by atoms with Crippen molar-refractivity contribution in [1.82, 2.24) is 0 Å². The van der Waals surface area contributed by atoms with E-state index in [-0.39, 0.29) is 34.8 Å². The summed E-state index contributed by atoms with van der Waals surface area (Å²) in [6.07, 6.45) is -16.6. The molecule has 0 bridgehead atoms. The van der Waals surface area contributed by atoms with Gasteiger partial charge in [-0.05, 0) is 60.1 Å². The fourth-order valence-corrected chi connectivity index (χ4v) is 5.58. The second-order valence-electron chi connectivity index (χ2n) is 12.0. The molecule has 12 unspecified atom stereocenters. The molecule has 2 fully saturated rings. The molecule has 2 heterocycles. The van der Waals surface area contributed by atoms with Crippen molar-refractivity contribution >= 4 is 11.9 Å². The third-order valence-corrected chi connectivity index (χ3v) is 8.66. The van der Waals surface area contributed by atoms with E-state index in [1.165, 1.54) is 14.2 Å². The number of hydrogen-bond donors (Lipinski definition) is 8. The molecule has 0 amide bonds. The summed E-state index contributed by atoms with van der Waals surface area (Å²) in [4.78, 5) is 23.0. The van der Waals surface area contributed by atoms with Crippen LogP contribution < -0.4 is 18.9 Å². The molecule has 16 nitrogen and oxygen atoms in total. The van der Waals surface area contributed by atoms with Crippen molar-refractivity contribution in [1.29, 1.82) is 0 Å². The van der Waals surface area contributed by atoms with Crippen LogP contribution in [-0.2, 0) is 31.9 Å². The molecule has 12 atom stereocenters. The Labute approximate surface area is 275 Å². The summed E-state index contributed by atoms with van der Waals surface area (Å²) >= 11 is 0. The molecule has 2 aromatic carbocycles. The largest absolute Gasteiger partial charge is 0.493 e. The van der Waals surface area contributed by atoms with Crippen molar-refractivity contribution in [2.45, 2.75) is 88.1 Å². The van der Waals surface area contributed by atoms with Crippen molar-refractivity contribution in [3.8, 4) is 23.0 Å². The highest BCUT2D eigenvalue weighted by Gasteiger charge is 2.49. The summed E-state index contributed by atoms with van der Waals surface area (Å²) in [6, 6.07) is 10.2. The van der Waals surface area contributed by atoms with E-state index in [1.807, 2.05) is 26.0 Å². The van der Waals surface area contributed by atoms with Crippen LogP contribution in [0.3, 0.4) is 0 Å². The van der Waals surface area contributed by atoms with Crippen molar-refractivity contribution in [2.24, 2.45) is 11.8 Å². The summed E-state index contributed by atoms with van der Waals surface area (Å²) < 4.78 is 32.7. The highest BCUT2D eigenvalue weighted by Crippen LogP contribution is 2.36. The van der Waals surface area contributed by atoms with Gasteiger partial charge in [-0.3, -0.25) is 0 Å². The van der Waals surface area contributed by atoms with Gasteiger partial charge in [0, 0.05) is 0 Å². The Balaban J connectivity index is 1.45. The number of aliphatic hydroxyl groups is 6. The van der Waals surface area contributed by atoms with E-state index >= 15 is 0 Å². The summed E-state index contributed by atoms with van der Waals surface area (Å²) in [5.74, 6) is -2.16. The van der Waals surface area contributed by atoms with Gasteiger partial charge in [0.25, 0.3) is 0 Å². The van der Waals surface area contributed by atoms with Crippen molar-refractivity contribution in [3.05, 3.63) is 47.5 Å². The third-order valence-electron chi connectivity index (χ3n) is 8.66. The Morgan fingerprint density at radius 1 is 0.604 bits per heavy atom. The first-order chi connectivity index (χ1) is 22.7. The molecule has 2 saturated heterocycles. The minimum atomic E-state index is -1.86. The molecule has 2 aliphatic rings. The first kappa shape index (κ1) is 37.1. The second-order valence-corrected chi connectivity index (χ2v) is 12.0. The van der Waals surface area contributed by atoms with Crippen LogP contribution in [0.25, 0.3) is 0 Å². The fraction of sp³-hybridized carbons (Fsp3) is 0.562. The van der Waals surface area contributed by atoms with Gasteiger partial charge in [0.05, 0.1) is 14.2 Å². The van der Waals surface area contributed by atoms with E-state index in [9.17, 15) is 50.4 Å². The molecule has 0 aromatic heterocycles. The zero-order valence-corrected chi connectivity index (χ0v) is 26.7. The van der Waals surface area contributed by atoms with E-state index in [4.69, 9.17) is 28.4 Å². The molecule has 0 saturated carbocycles. The Kier molecular flexibility index (Phi) is 12.1. The highest BCUT2D eigenvalue weighted by molar-refractivity contribution is 5.74. The van der Waals surface area contributed by atoms with Gasteiger partial charge in [-0.2, -0.15) is 0 Å². The number of carbonyl (C=O) groups is 2. The second kappa shape index (κ2) is 15.7. The smallest absolute Gasteiger partial charge is 0.335 e. The van der Waals surface area contributed by atoms with Crippen molar-refractivity contribution < 1.29 is 78.9 Å². The van der Waals surface area contributed by atoms with Crippen LogP contribution in [0.5, 0.6) is 23.0 Å². The van der Waals surface area contributed by atoms with E-state index in [2.05, 4.69) is 0 Å². The lowest BCUT2D eigenvalue weighted by Crippen LogP contribution is -2.61. The number of benzene rings is 2. The topological polar surface area (TPSA) is 251 Å². The number of carboxylic acid groups (broad SMARTS) is 2. The van der Waals surface area contributed by atoms with Gasteiger partial charge in [-0.25, -0.2) is 9.59 Å². The van der Waals surface area contributed by atoms with Crippen LogP contribution in [0.1, 0.15) is 25.0 Å². The molecule has 266 valence electrons. The predicted octanol–water partition coefficient (Wildman–Crippen LogP) is -0.697. The molecule has 0 aliphatic carbocycles. The molecule has 2 aromatic rings. The Bertz CT molecular complexity index is 1310. The summed E-state index contributed by atoms with van der Waals surface area (Å²) in [5, 5.41) is 79.8. The number of aliphatic carboxylic acids is 2. The lowest BCUT2D eigenvalue weighted by atomic mass is 9.85. The molecule has 0 radical (unpaired) electrons. The fourth-order valence-electron chi connectivity index (χ4n) is 5.58. The van der Waals surface area contributed by atoms with Gasteiger partial charge in [0.15, 0.2) is 35.2 Å². The zero-order chi connectivity index (χ0) is 35.4. The Hall–Kier alpha value is -3.74. The minimum absolute atomic E-state index is 0.0686. The third kappa shape index (κ3) is 8.10. The van der Waals surface area contributed by atoms with E-state index in [0.29, 0.717) is 12.8 Å². The minimum Gasteiger partial charge on any atom is -0.493 e. The molecule has 2 aliphatic heterocycles. The quantitative estimate of drug-likeness (QED) is 0.130. The van der Waals surface area contributed by atoms with Gasteiger partial charge in [-0.1, -0.05) is 26.0 Å². The SMILES string of the molecule is COc1ccc(CC(C)C(C)Cc2ccc(OC)c(OC3OC(C(=O)O)C(O)C(O)C3O)c2)cc1OC1OC(C(=O)O)C(O)C(O)C1O. The molecule has 0 spiro atoms. The van der Waals surface area contributed by atoms with Crippen LogP contribution in [0, 0.1) is 11.8 Å². The Morgan fingerprint density at radius 3 is 1.27 bits per heavy atom. The van der Waals surface area contributed by atoms with Gasteiger partial charge < -0.3 is 69.3 Å². The average Bonchev–Trinajstić information content (AvgIpc) is 3.05. The number of ether oxygens (including phenoxy) is 6. The van der Waals surface area contributed by atoms with Crippen LogP contribution >= 0.6 is 0 Å². The average molecular weight is 683 g/mol. The maximum absolute atomic E-state index is 11.5. The maximum atomic E-state index is 11.5.